The smallest absolute Gasteiger partial charge is 0.190 e. The number of rotatable bonds is 5. The second-order valence-corrected chi connectivity index (χ2v) is 4.47. The SMILES string of the molecule is CCOC1(C(=O)COC)CCC(C)CC1. The molecule has 0 aromatic heterocycles. The summed E-state index contributed by atoms with van der Waals surface area (Å²) >= 11 is 0. The Bertz CT molecular complexity index is 205. The number of hydrogen-bond donors (Lipinski definition) is 0. The number of carbonyl (C=O) groups excluding carboxylic acids is 1. The highest BCUT2D eigenvalue weighted by atomic mass is 16.5. The number of ketones is 1. The zero-order chi connectivity index (χ0) is 11.3. The molecule has 1 rings (SSSR count). The average Bonchev–Trinajstić information content (AvgIpc) is 2.22. The van der Waals surface area contributed by atoms with E-state index in [0.717, 1.165) is 25.7 Å². The molecule has 3 heteroatoms. The molecule has 0 aromatic carbocycles. The first-order chi connectivity index (χ1) is 7.14. The Morgan fingerprint density at radius 3 is 2.47 bits per heavy atom. The van der Waals surface area contributed by atoms with Gasteiger partial charge < -0.3 is 9.47 Å². The van der Waals surface area contributed by atoms with Crippen molar-refractivity contribution in [3.8, 4) is 0 Å². The molecule has 0 unspecified atom stereocenters. The maximum Gasteiger partial charge on any atom is 0.190 e. The summed E-state index contributed by atoms with van der Waals surface area (Å²) in [4.78, 5) is 12.0. The van der Waals surface area contributed by atoms with E-state index in [9.17, 15) is 4.79 Å². The van der Waals surface area contributed by atoms with Gasteiger partial charge in [0, 0.05) is 13.7 Å². The minimum atomic E-state index is -0.544. The normalized spacial score (nSPS) is 31.5. The fourth-order valence-corrected chi connectivity index (χ4v) is 2.27. The van der Waals surface area contributed by atoms with Gasteiger partial charge in [0.15, 0.2) is 5.78 Å². The summed E-state index contributed by atoms with van der Waals surface area (Å²) in [5, 5.41) is 0. The highest BCUT2D eigenvalue weighted by Crippen LogP contribution is 2.35. The first-order valence-corrected chi connectivity index (χ1v) is 5.81. The van der Waals surface area contributed by atoms with E-state index in [0.29, 0.717) is 12.5 Å². The molecule has 0 bridgehead atoms. The van der Waals surface area contributed by atoms with Crippen molar-refractivity contribution in [2.75, 3.05) is 20.3 Å². The van der Waals surface area contributed by atoms with E-state index in [2.05, 4.69) is 6.92 Å². The fraction of sp³-hybridized carbons (Fsp3) is 0.917. The first kappa shape index (κ1) is 12.7. The van der Waals surface area contributed by atoms with Gasteiger partial charge in [0.05, 0.1) is 0 Å². The molecule has 3 nitrogen and oxygen atoms in total. The van der Waals surface area contributed by atoms with Crippen LogP contribution < -0.4 is 0 Å². The average molecular weight is 214 g/mol. The summed E-state index contributed by atoms with van der Waals surface area (Å²) in [6.07, 6.45) is 3.86. The molecule has 1 saturated carbocycles. The minimum absolute atomic E-state index is 0.110. The van der Waals surface area contributed by atoms with E-state index in [1.54, 1.807) is 7.11 Å². The summed E-state index contributed by atoms with van der Waals surface area (Å²) in [6, 6.07) is 0. The van der Waals surface area contributed by atoms with Crippen LogP contribution in [0.25, 0.3) is 0 Å². The van der Waals surface area contributed by atoms with Crippen molar-refractivity contribution < 1.29 is 14.3 Å². The Kier molecular flexibility index (Phi) is 4.74. The lowest BCUT2D eigenvalue weighted by Gasteiger charge is -2.37. The van der Waals surface area contributed by atoms with Gasteiger partial charge in [0.1, 0.15) is 12.2 Å². The minimum Gasteiger partial charge on any atom is -0.377 e. The molecular formula is C12H22O3. The van der Waals surface area contributed by atoms with Crippen LogP contribution in [0.3, 0.4) is 0 Å². The van der Waals surface area contributed by atoms with Crippen LogP contribution in [0.15, 0.2) is 0 Å². The molecule has 0 aliphatic heterocycles. The highest BCUT2D eigenvalue weighted by molar-refractivity contribution is 5.88. The molecule has 0 spiro atoms. The summed E-state index contributed by atoms with van der Waals surface area (Å²) in [6.45, 7) is 4.95. The number of ether oxygens (including phenoxy) is 2. The summed E-state index contributed by atoms with van der Waals surface area (Å²) in [5.74, 6) is 0.827. The van der Waals surface area contributed by atoms with Crippen LogP contribution in [-0.2, 0) is 14.3 Å². The topological polar surface area (TPSA) is 35.5 Å². The molecular weight excluding hydrogens is 192 g/mol. The van der Waals surface area contributed by atoms with Gasteiger partial charge in [0.2, 0.25) is 0 Å². The molecule has 1 fully saturated rings. The number of carbonyl (C=O) groups is 1. The molecule has 0 aromatic rings. The van der Waals surface area contributed by atoms with E-state index < -0.39 is 5.60 Å². The lowest BCUT2D eigenvalue weighted by atomic mass is 9.77. The molecule has 0 amide bonds. The first-order valence-electron chi connectivity index (χ1n) is 5.81. The van der Waals surface area contributed by atoms with Gasteiger partial charge in [0.25, 0.3) is 0 Å². The van der Waals surface area contributed by atoms with E-state index in [4.69, 9.17) is 9.47 Å². The largest absolute Gasteiger partial charge is 0.377 e. The van der Waals surface area contributed by atoms with Gasteiger partial charge in [-0.3, -0.25) is 4.79 Å². The number of hydrogen-bond acceptors (Lipinski definition) is 3. The van der Waals surface area contributed by atoms with Gasteiger partial charge in [-0.15, -0.1) is 0 Å². The maximum atomic E-state index is 12.0. The van der Waals surface area contributed by atoms with Crippen LogP contribution in [0.4, 0.5) is 0 Å². The van der Waals surface area contributed by atoms with Crippen LogP contribution in [0.5, 0.6) is 0 Å². The molecule has 1 aliphatic carbocycles. The molecule has 0 N–H and O–H groups in total. The molecule has 15 heavy (non-hydrogen) atoms. The van der Waals surface area contributed by atoms with Crippen molar-refractivity contribution in [3.05, 3.63) is 0 Å². The predicted octanol–water partition coefficient (Wildman–Crippen LogP) is 2.19. The zero-order valence-corrected chi connectivity index (χ0v) is 10.0. The molecule has 1 aliphatic rings. The van der Waals surface area contributed by atoms with Crippen molar-refractivity contribution in [2.45, 2.75) is 45.1 Å². The molecule has 0 heterocycles. The summed E-state index contributed by atoms with van der Waals surface area (Å²) in [5.41, 5.74) is -0.544. The zero-order valence-electron chi connectivity index (χ0n) is 10.0. The third-order valence-electron chi connectivity index (χ3n) is 3.29. The quantitative estimate of drug-likeness (QED) is 0.703. The van der Waals surface area contributed by atoms with Crippen LogP contribution in [0.1, 0.15) is 39.5 Å². The Labute approximate surface area is 92.1 Å². The summed E-state index contributed by atoms with van der Waals surface area (Å²) in [7, 11) is 1.56. The lowest BCUT2D eigenvalue weighted by molar-refractivity contribution is -0.154. The molecule has 0 radical (unpaired) electrons. The Balaban J connectivity index is 2.65. The van der Waals surface area contributed by atoms with Crippen molar-refractivity contribution in [2.24, 2.45) is 5.92 Å². The predicted molar refractivity (Wildman–Crippen MR) is 58.9 cm³/mol. The molecule has 88 valence electrons. The Morgan fingerprint density at radius 1 is 1.40 bits per heavy atom. The van der Waals surface area contributed by atoms with Gasteiger partial charge in [-0.2, -0.15) is 0 Å². The molecule has 0 saturated heterocycles. The molecule has 0 atom stereocenters. The van der Waals surface area contributed by atoms with Crippen molar-refractivity contribution in [1.82, 2.24) is 0 Å². The third kappa shape index (κ3) is 3.02. The number of methoxy groups -OCH3 is 1. The van der Waals surface area contributed by atoms with Gasteiger partial charge >= 0.3 is 0 Å². The van der Waals surface area contributed by atoms with Crippen LogP contribution >= 0.6 is 0 Å². The third-order valence-corrected chi connectivity index (χ3v) is 3.29. The van der Waals surface area contributed by atoms with E-state index in [1.165, 1.54) is 0 Å². The fourth-order valence-electron chi connectivity index (χ4n) is 2.27. The van der Waals surface area contributed by atoms with Crippen LogP contribution in [0, 0.1) is 5.92 Å². The standard InChI is InChI=1S/C12H22O3/c1-4-15-12(11(13)9-14-3)7-5-10(2)6-8-12/h10H,4-9H2,1-3H3. The Hall–Kier alpha value is -0.410. The van der Waals surface area contributed by atoms with E-state index >= 15 is 0 Å². The second-order valence-electron chi connectivity index (χ2n) is 4.47. The van der Waals surface area contributed by atoms with Crippen LogP contribution in [-0.4, -0.2) is 31.7 Å². The van der Waals surface area contributed by atoms with Crippen molar-refractivity contribution >= 4 is 5.78 Å². The Morgan fingerprint density at radius 2 is 2.00 bits per heavy atom. The summed E-state index contributed by atoms with van der Waals surface area (Å²) < 4.78 is 10.6. The van der Waals surface area contributed by atoms with Crippen molar-refractivity contribution in [1.29, 1.82) is 0 Å². The monoisotopic (exact) mass is 214 g/mol. The van der Waals surface area contributed by atoms with Gasteiger partial charge in [-0.05, 0) is 38.5 Å². The van der Waals surface area contributed by atoms with Crippen LogP contribution in [0.2, 0.25) is 0 Å². The van der Waals surface area contributed by atoms with E-state index in [1.807, 2.05) is 6.92 Å². The maximum absolute atomic E-state index is 12.0. The lowest BCUT2D eigenvalue weighted by Crippen LogP contribution is -2.46. The second kappa shape index (κ2) is 5.61. The number of Topliss-reactive ketones (excluding diaryl/α,β-unsaturated/α-hetero) is 1. The van der Waals surface area contributed by atoms with Gasteiger partial charge in [-0.1, -0.05) is 6.92 Å². The van der Waals surface area contributed by atoms with Gasteiger partial charge in [-0.25, -0.2) is 0 Å². The van der Waals surface area contributed by atoms with Crippen molar-refractivity contribution in [3.63, 3.8) is 0 Å². The highest BCUT2D eigenvalue weighted by Gasteiger charge is 2.41. The van der Waals surface area contributed by atoms with E-state index in [-0.39, 0.29) is 12.4 Å².